The highest BCUT2D eigenvalue weighted by Crippen LogP contribution is 2.29. The summed E-state index contributed by atoms with van der Waals surface area (Å²) >= 11 is 1.36. The highest BCUT2D eigenvalue weighted by Gasteiger charge is 2.35. The van der Waals surface area contributed by atoms with Crippen molar-refractivity contribution in [2.24, 2.45) is 0 Å². The molecule has 1 N–H and O–H groups in total. The van der Waals surface area contributed by atoms with Gasteiger partial charge < -0.3 is 9.88 Å². The van der Waals surface area contributed by atoms with Crippen molar-refractivity contribution in [3.8, 4) is 17.5 Å². The number of hydrogen-bond donors (Lipinski definition) is 1. The molecule has 1 aliphatic rings. The fraction of sp³-hybridized carbons (Fsp3) is 0.444. The van der Waals surface area contributed by atoms with Crippen molar-refractivity contribution in [2.75, 3.05) is 5.75 Å². The van der Waals surface area contributed by atoms with E-state index in [2.05, 4.69) is 21.6 Å². The van der Waals surface area contributed by atoms with Crippen LogP contribution in [0.2, 0.25) is 0 Å². The van der Waals surface area contributed by atoms with Gasteiger partial charge in [-0.3, -0.25) is 4.79 Å². The first-order valence-corrected chi connectivity index (χ1v) is 9.50. The van der Waals surface area contributed by atoms with E-state index in [1.165, 1.54) is 11.8 Å². The predicted molar refractivity (Wildman–Crippen MR) is 96.8 cm³/mol. The van der Waals surface area contributed by atoms with Crippen molar-refractivity contribution in [1.82, 2.24) is 20.1 Å². The van der Waals surface area contributed by atoms with Gasteiger partial charge in [0, 0.05) is 12.1 Å². The van der Waals surface area contributed by atoms with Crippen LogP contribution < -0.4 is 5.32 Å². The molecule has 1 aliphatic carbocycles. The lowest BCUT2D eigenvalue weighted by atomic mass is 10.0. The summed E-state index contributed by atoms with van der Waals surface area (Å²) in [4.78, 5) is 12.3. The van der Waals surface area contributed by atoms with E-state index in [9.17, 15) is 10.1 Å². The average Bonchev–Trinajstić information content (AvgIpc) is 3.27. The van der Waals surface area contributed by atoms with Crippen molar-refractivity contribution in [2.45, 2.75) is 49.8 Å². The Kier molecular flexibility index (Phi) is 5.39. The summed E-state index contributed by atoms with van der Waals surface area (Å²) in [6.07, 6.45) is 3.46. The lowest BCUT2D eigenvalue weighted by Crippen LogP contribution is -2.45. The normalized spacial score (nSPS) is 15.7. The molecule has 1 aromatic carbocycles. The monoisotopic (exact) mass is 355 g/mol. The van der Waals surface area contributed by atoms with E-state index in [1.807, 2.05) is 41.8 Å². The Labute approximate surface area is 151 Å². The van der Waals surface area contributed by atoms with Crippen molar-refractivity contribution < 1.29 is 4.79 Å². The molecule has 25 heavy (non-hydrogen) atoms. The molecule has 1 heterocycles. The van der Waals surface area contributed by atoms with Crippen LogP contribution in [0.1, 0.15) is 32.6 Å². The number of rotatable bonds is 6. The number of carbonyl (C=O) groups excluding carboxylic acids is 1. The zero-order valence-electron chi connectivity index (χ0n) is 14.2. The largest absolute Gasteiger partial charge is 0.337 e. The molecule has 3 rings (SSSR count). The Morgan fingerprint density at radius 3 is 2.68 bits per heavy atom. The third kappa shape index (κ3) is 3.85. The van der Waals surface area contributed by atoms with Gasteiger partial charge in [-0.15, -0.1) is 10.2 Å². The van der Waals surface area contributed by atoms with Crippen LogP contribution in [0.25, 0.3) is 11.4 Å². The highest BCUT2D eigenvalue weighted by molar-refractivity contribution is 7.99. The molecule has 130 valence electrons. The van der Waals surface area contributed by atoms with Crippen molar-refractivity contribution >= 4 is 17.7 Å². The molecule has 1 saturated carbocycles. The number of amides is 1. The molecule has 0 radical (unpaired) electrons. The fourth-order valence-electron chi connectivity index (χ4n) is 3.16. The number of nitrogens with zero attached hydrogens (tertiary/aromatic N) is 4. The molecule has 0 bridgehead atoms. The predicted octanol–water partition coefficient (Wildman–Crippen LogP) is 3.01. The second kappa shape index (κ2) is 7.70. The van der Waals surface area contributed by atoms with Crippen molar-refractivity contribution in [3.05, 3.63) is 30.3 Å². The lowest BCUT2D eigenvalue weighted by molar-refractivity contribution is -0.119. The number of nitrogens with one attached hydrogen (secondary N) is 1. The van der Waals surface area contributed by atoms with Gasteiger partial charge in [0.15, 0.2) is 11.0 Å². The molecule has 2 aromatic rings. The fourth-order valence-corrected chi connectivity index (χ4v) is 3.96. The van der Waals surface area contributed by atoms with E-state index < -0.39 is 5.54 Å². The van der Waals surface area contributed by atoms with E-state index in [1.54, 1.807) is 0 Å². The maximum absolute atomic E-state index is 12.3. The van der Waals surface area contributed by atoms with E-state index >= 15 is 0 Å². The number of thioether (sulfide) groups is 1. The van der Waals surface area contributed by atoms with Crippen LogP contribution in [-0.4, -0.2) is 32.0 Å². The van der Waals surface area contributed by atoms with E-state index in [0.717, 1.165) is 43.6 Å². The SMILES string of the molecule is CCn1c(SCC(=O)NC2(C#N)CCCC2)nnc1-c1ccccc1. The Balaban J connectivity index is 1.67. The van der Waals surface area contributed by atoms with Crippen molar-refractivity contribution in [3.63, 3.8) is 0 Å². The Hall–Kier alpha value is -2.33. The van der Waals surface area contributed by atoms with Crippen LogP contribution >= 0.6 is 11.8 Å². The van der Waals surface area contributed by atoms with Gasteiger partial charge in [-0.1, -0.05) is 42.1 Å². The van der Waals surface area contributed by atoms with Crippen molar-refractivity contribution in [1.29, 1.82) is 5.26 Å². The number of carbonyl (C=O) groups is 1. The van der Waals surface area contributed by atoms with E-state index in [4.69, 9.17) is 0 Å². The molecule has 0 aliphatic heterocycles. The highest BCUT2D eigenvalue weighted by atomic mass is 32.2. The standard InChI is InChI=1S/C18H21N5OS/c1-2-23-16(14-8-4-3-5-9-14)21-22-17(23)25-12-15(24)20-18(13-19)10-6-7-11-18/h3-5,8-9H,2,6-7,10-12H2,1H3,(H,20,24). The summed E-state index contributed by atoms with van der Waals surface area (Å²) in [5, 5.41) is 21.5. The first kappa shape index (κ1) is 17.5. The smallest absolute Gasteiger partial charge is 0.231 e. The summed E-state index contributed by atoms with van der Waals surface area (Å²) < 4.78 is 2.00. The summed E-state index contributed by atoms with van der Waals surface area (Å²) in [6.45, 7) is 2.76. The molecule has 1 fully saturated rings. The van der Waals surface area contributed by atoms with Gasteiger partial charge in [-0.05, 0) is 32.6 Å². The lowest BCUT2D eigenvalue weighted by Gasteiger charge is -2.21. The molecule has 6 nitrogen and oxygen atoms in total. The minimum Gasteiger partial charge on any atom is -0.337 e. The van der Waals surface area contributed by atoms with Crippen LogP contribution in [0.5, 0.6) is 0 Å². The van der Waals surface area contributed by atoms with Gasteiger partial charge in [0.05, 0.1) is 11.8 Å². The first-order valence-electron chi connectivity index (χ1n) is 8.51. The first-order chi connectivity index (χ1) is 12.2. The molecule has 0 saturated heterocycles. The van der Waals surface area contributed by atoms with Gasteiger partial charge in [-0.25, -0.2) is 0 Å². The topological polar surface area (TPSA) is 83.6 Å². The third-order valence-corrected chi connectivity index (χ3v) is 5.41. The van der Waals surface area contributed by atoms with Crippen LogP contribution in [0, 0.1) is 11.3 Å². The number of benzene rings is 1. The molecule has 1 amide bonds. The Morgan fingerprint density at radius 1 is 1.32 bits per heavy atom. The molecule has 7 heteroatoms. The second-order valence-corrected chi connectivity index (χ2v) is 7.10. The Morgan fingerprint density at radius 2 is 2.04 bits per heavy atom. The summed E-state index contributed by atoms with van der Waals surface area (Å²) in [5.41, 5.74) is 0.327. The number of hydrogen-bond acceptors (Lipinski definition) is 5. The van der Waals surface area contributed by atoms with Gasteiger partial charge in [0.1, 0.15) is 5.54 Å². The molecular formula is C18H21N5OS. The second-order valence-electron chi connectivity index (χ2n) is 6.15. The third-order valence-electron chi connectivity index (χ3n) is 4.45. The maximum atomic E-state index is 12.3. The van der Waals surface area contributed by atoms with Crippen LogP contribution in [-0.2, 0) is 11.3 Å². The van der Waals surface area contributed by atoms with Crippen LogP contribution in [0.15, 0.2) is 35.5 Å². The summed E-state index contributed by atoms with van der Waals surface area (Å²) in [5.74, 6) is 0.909. The van der Waals surface area contributed by atoms with E-state index in [0.29, 0.717) is 5.16 Å². The molecule has 0 atom stereocenters. The molecule has 1 aromatic heterocycles. The minimum atomic E-state index is -0.675. The van der Waals surface area contributed by atoms with Gasteiger partial charge in [-0.2, -0.15) is 5.26 Å². The van der Waals surface area contributed by atoms with Gasteiger partial charge >= 0.3 is 0 Å². The molecule has 0 unspecified atom stereocenters. The summed E-state index contributed by atoms with van der Waals surface area (Å²) in [6, 6.07) is 12.2. The minimum absolute atomic E-state index is 0.125. The quantitative estimate of drug-likeness (QED) is 0.805. The van der Waals surface area contributed by atoms with Gasteiger partial charge in [0.2, 0.25) is 5.91 Å². The van der Waals surface area contributed by atoms with Crippen LogP contribution in [0.3, 0.4) is 0 Å². The number of aromatic nitrogens is 3. The maximum Gasteiger partial charge on any atom is 0.231 e. The Bertz CT molecular complexity index is 775. The van der Waals surface area contributed by atoms with E-state index in [-0.39, 0.29) is 11.7 Å². The molecular weight excluding hydrogens is 334 g/mol. The average molecular weight is 355 g/mol. The zero-order chi connectivity index (χ0) is 17.7. The molecule has 0 spiro atoms. The number of nitriles is 1. The zero-order valence-corrected chi connectivity index (χ0v) is 15.1. The van der Waals surface area contributed by atoms with Crippen LogP contribution in [0.4, 0.5) is 0 Å². The van der Waals surface area contributed by atoms with Gasteiger partial charge in [0.25, 0.3) is 0 Å². The summed E-state index contributed by atoms with van der Waals surface area (Å²) in [7, 11) is 0.